The summed E-state index contributed by atoms with van der Waals surface area (Å²) in [7, 11) is 0. The van der Waals surface area contributed by atoms with E-state index in [0.29, 0.717) is 11.7 Å². The number of amides is 2. The van der Waals surface area contributed by atoms with Gasteiger partial charge >= 0.3 is 5.91 Å². The minimum atomic E-state index is -2.88. The molecule has 2 amide bonds. The second-order valence-corrected chi connectivity index (χ2v) is 7.36. The third kappa shape index (κ3) is 3.75. The first-order chi connectivity index (χ1) is 12.8. The molecule has 0 bridgehead atoms. The lowest BCUT2D eigenvalue weighted by Gasteiger charge is -2.45. The predicted molar refractivity (Wildman–Crippen MR) is 99.4 cm³/mol. The topological polar surface area (TPSA) is 75.4 Å². The first kappa shape index (κ1) is 19.2. The Labute approximate surface area is 157 Å². The minimum absolute atomic E-state index is 0.233. The molecule has 3 rings (SSSR count). The zero-order valence-corrected chi connectivity index (χ0v) is 15.0. The quantitative estimate of drug-likeness (QED) is 0.777. The van der Waals surface area contributed by atoms with Gasteiger partial charge in [0.15, 0.2) is 0 Å². The molecule has 2 aliphatic rings. The van der Waals surface area contributed by atoms with Crippen molar-refractivity contribution in [3.05, 3.63) is 24.3 Å². The molecule has 0 aromatic heterocycles. The van der Waals surface area contributed by atoms with Gasteiger partial charge in [-0.25, -0.2) is 8.78 Å². The molecule has 7 heteroatoms. The number of hydrogen-bond donors (Lipinski definition) is 2. The highest BCUT2D eigenvalue weighted by molar-refractivity contribution is 6.11. The lowest BCUT2D eigenvalue weighted by Crippen LogP contribution is -2.62. The fourth-order valence-electron chi connectivity index (χ4n) is 3.76. The van der Waals surface area contributed by atoms with Crippen LogP contribution in [0.5, 0.6) is 0 Å². The third-order valence-electron chi connectivity index (χ3n) is 5.60. The molecule has 0 radical (unpaired) electrons. The largest absolute Gasteiger partial charge is 0.382 e. The molecule has 0 atom stereocenters. The van der Waals surface area contributed by atoms with Crippen LogP contribution in [0.3, 0.4) is 0 Å². The van der Waals surface area contributed by atoms with E-state index in [1.54, 1.807) is 18.2 Å². The summed E-state index contributed by atoms with van der Waals surface area (Å²) < 4.78 is 27.4. The SMILES string of the molecule is C#CC(=O)N(c1cccc(NC2CCC2)c1)C1(C(N)=O)CCC(F)(F)CC1. The standard InChI is InChI=1S/C20H23F2N3O2/c1-2-17(26)25(19(18(23)27)9-11-20(21,22)12-10-19)16-8-4-7-15(13-16)24-14-5-3-6-14/h1,4,7-8,13-14,24H,3,5-6,9-12H2,(H2,23,27). The van der Waals surface area contributed by atoms with E-state index in [9.17, 15) is 18.4 Å². The van der Waals surface area contributed by atoms with E-state index >= 15 is 0 Å². The Morgan fingerprint density at radius 2 is 1.89 bits per heavy atom. The summed E-state index contributed by atoms with van der Waals surface area (Å²) in [4.78, 5) is 26.0. The minimum Gasteiger partial charge on any atom is -0.382 e. The van der Waals surface area contributed by atoms with Gasteiger partial charge in [0.25, 0.3) is 0 Å². The number of halogens is 2. The van der Waals surface area contributed by atoms with Gasteiger partial charge in [0.2, 0.25) is 11.8 Å². The van der Waals surface area contributed by atoms with Crippen LogP contribution in [0.25, 0.3) is 0 Å². The maximum absolute atomic E-state index is 13.7. The molecule has 27 heavy (non-hydrogen) atoms. The van der Waals surface area contributed by atoms with Gasteiger partial charge in [0.1, 0.15) is 5.54 Å². The Kier molecular flexibility index (Phi) is 5.09. The van der Waals surface area contributed by atoms with Crippen LogP contribution in [-0.2, 0) is 9.59 Å². The zero-order chi connectivity index (χ0) is 19.7. The van der Waals surface area contributed by atoms with Crippen molar-refractivity contribution in [2.24, 2.45) is 5.73 Å². The van der Waals surface area contributed by atoms with Crippen molar-refractivity contribution < 1.29 is 18.4 Å². The number of nitrogens with zero attached hydrogens (tertiary/aromatic N) is 1. The molecule has 5 nitrogen and oxygen atoms in total. The molecule has 0 unspecified atom stereocenters. The van der Waals surface area contributed by atoms with Crippen LogP contribution in [0.15, 0.2) is 24.3 Å². The number of anilines is 2. The summed E-state index contributed by atoms with van der Waals surface area (Å²) in [5.74, 6) is -2.45. The van der Waals surface area contributed by atoms with Gasteiger partial charge in [-0.3, -0.25) is 14.5 Å². The van der Waals surface area contributed by atoms with Crippen molar-refractivity contribution in [2.75, 3.05) is 10.2 Å². The summed E-state index contributed by atoms with van der Waals surface area (Å²) in [5, 5.41) is 3.36. The maximum atomic E-state index is 13.7. The smallest absolute Gasteiger partial charge is 0.303 e. The molecule has 1 aromatic carbocycles. The van der Waals surface area contributed by atoms with Crippen LogP contribution in [0.1, 0.15) is 44.9 Å². The Hall–Kier alpha value is -2.62. The Morgan fingerprint density at radius 1 is 1.22 bits per heavy atom. The summed E-state index contributed by atoms with van der Waals surface area (Å²) in [5.41, 5.74) is 5.22. The van der Waals surface area contributed by atoms with Crippen molar-refractivity contribution in [2.45, 2.75) is 62.4 Å². The highest BCUT2D eigenvalue weighted by Gasteiger charge is 2.52. The molecular weight excluding hydrogens is 352 g/mol. The van der Waals surface area contributed by atoms with E-state index in [0.717, 1.165) is 29.8 Å². The summed E-state index contributed by atoms with van der Waals surface area (Å²) >= 11 is 0. The van der Waals surface area contributed by atoms with Crippen molar-refractivity contribution in [3.63, 3.8) is 0 Å². The molecule has 1 aromatic rings. The number of alkyl halides is 2. The number of rotatable bonds is 5. The van der Waals surface area contributed by atoms with Gasteiger partial charge in [0.05, 0.1) is 0 Å². The number of benzene rings is 1. The van der Waals surface area contributed by atoms with Crippen LogP contribution < -0.4 is 16.0 Å². The molecule has 0 saturated heterocycles. The summed E-state index contributed by atoms with van der Waals surface area (Å²) in [6, 6.07) is 7.31. The van der Waals surface area contributed by atoms with Crippen molar-refractivity contribution in [1.29, 1.82) is 0 Å². The van der Waals surface area contributed by atoms with E-state index in [1.165, 1.54) is 0 Å². The number of carbonyl (C=O) groups is 2. The fraction of sp³-hybridized carbons (Fsp3) is 0.500. The van der Waals surface area contributed by atoms with Crippen LogP contribution >= 0.6 is 0 Å². The number of nitrogens with two attached hydrogens (primary N) is 1. The molecular formula is C20H23F2N3O2. The number of primary amides is 1. The highest BCUT2D eigenvalue weighted by atomic mass is 19.3. The molecule has 2 fully saturated rings. The van der Waals surface area contributed by atoms with Gasteiger partial charge in [-0.05, 0) is 56.2 Å². The second-order valence-electron chi connectivity index (χ2n) is 7.36. The van der Waals surface area contributed by atoms with Crippen molar-refractivity contribution in [1.82, 2.24) is 0 Å². The monoisotopic (exact) mass is 375 g/mol. The highest BCUT2D eigenvalue weighted by Crippen LogP contribution is 2.43. The Morgan fingerprint density at radius 3 is 2.41 bits per heavy atom. The molecule has 144 valence electrons. The Balaban J connectivity index is 1.98. The summed E-state index contributed by atoms with van der Waals surface area (Å²) in [6.07, 6.45) is 7.11. The van der Waals surface area contributed by atoms with E-state index in [1.807, 2.05) is 12.0 Å². The average Bonchev–Trinajstić information content (AvgIpc) is 2.60. The van der Waals surface area contributed by atoms with Crippen LogP contribution in [0, 0.1) is 12.3 Å². The zero-order valence-electron chi connectivity index (χ0n) is 15.0. The lowest BCUT2D eigenvalue weighted by atomic mass is 9.77. The van der Waals surface area contributed by atoms with E-state index in [4.69, 9.17) is 12.2 Å². The normalized spacial score (nSPS) is 20.8. The number of carbonyl (C=O) groups excluding carboxylic acids is 2. The average molecular weight is 375 g/mol. The predicted octanol–water partition coefficient (Wildman–Crippen LogP) is 3.05. The van der Waals surface area contributed by atoms with Gasteiger partial charge in [-0.1, -0.05) is 6.07 Å². The molecule has 2 aliphatic carbocycles. The van der Waals surface area contributed by atoms with Crippen LogP contribution in [-0.4, -0.2) is 29.3 Å². The van der Waals surface area contributed by atoms with Crippen molar-refractivity contribution in [3.8, 4) is 12.3 Å². The van der Waals surface area contributed by atoms with Gasteiger partial charge in [-0.2, -0.15) is 0 Å². The third-order valence-corrected chi connectivity index (χ3v) is 5.60. The Bertz CT molecular complexity index is 774. The van der Waals surface area contributed by atoms with Crippen molar-refractivity contribution >= 4 is 23.2 Å². The van der Waals surface area contributed by atoms with E-state index in [2.05, 4.69) is 5.32 Å². The fourth-order valence-corrected chi connectivity index (χ4v) is 3.76. The number of hydrogen-bond acceptors (Lipinski definition) is 3. The first-order valence-electron chi connectivity index (χ1n) is 9.13. The van der Waals surface area contributed by atoms with Gasteiger partial charge in [0, 0.05) is 30.3 Å². The lowest BCUT2D eigenvalue weighted by molar-refractivity contribution is -0.131. The summed E-state index contributed by atoms with van der Waals surface area (Å²) in [6.45, 7) is 0. The maximum Gasteiger partial charge on any atom is 0.303 e. The van der Waals surface area contributed by atoms with E-state index in [-0.39, 0.29) is 12.8 Å². The molecule has 2 saturated carbocycles. The molecule has 3 N–H and O–H groups in total. The van der Waals surface area contributed by atoms with Gasteiger partial charge < -0.3 is 11.1 Å². The van der Waals surface area contributed by atoms with E-state index < -0.39 is 36.1 Å². The second kappa shape index (κ2) is 7.18. The van der Waals surface area contributed by atoms with Crippen LogP contribution in [0.4, 0.5) is 20.2 Å². The number of terminal acetylenes is 1. The molecule has 0 aliphatic heterocycles. The van der Waals surface area contributed by atoms with Crippen LogP contribution in [0.2, 0.25) is 0 Å². The first-order valence-corrected chi connectivity index (χ1v) is 9.13. The molecule has 0 heterocycles. The number of nitrogens with one attached hydrogen (secondary N) is 1. The van der Waals surface area contributed by atoms with Gasteiger partial charge in [-0.15, -0.1) is 6.42 Å². The molecule has 0 spiro atoms.